The first-order valence-electron chi connectivity index (χ1n) is 6.99. The SMILES string of the molecule is O=C(Nc1c[nH]c2ccccc2c1=O)N1CCC(O)CC1. The number of aliphatic hydroxyl groups excluding tert-OH is 1. The minimum absolute atomic E-state index is 0.199. The number of piperidine rings is 1. The number of benzene rings is 1. The van der Waals surface area contributed by atoms with E-state index in [1.807, 2.05) is 12.1 Å². The van der Waals surface area contributed by atoms with Crippen LogP contribution in [0.5, 0.6) is 0 Å². The van der Waals surface area contributed by atoms with Gasteiger partial charge in [-0.2, -0.15) is 0 Å². The lowest BCUT2D eigenvalue weighted by Crippen LogP contribution is -2.42. The Labute approximate surface area is 121 Å². The van der Waals surface area contributed by atoms with E-state index in [1.165, 1.54) is 6.20 Å². The third-order valence-electron chi connectivity index (χ3n) is 3.78. The summed E-state index contributed by atoms with van der Waals surface area (Å²) in [6.45, 7) is 0.997. The quantitative estimate of drug-likeness (QED) is 0.743. The van der Waals surface area contributed by atoms with Gasteiger partial charge in [0.25, 0.3) is 0 Å². The number of hydrogen-bond donors (Lipinski definition) is 3. The third-order valence-corrected chi connectivity index (χ3v) is 3.78. The predicted molar refractivity (Wildman–Crippen MR) is 80.4 cm³/mol. The number of para-hydroxylation sites is 1. The smallest absolute Gasteiger partial charge is 0.321 e. The van der Waals surface area contributed by atoms with Crippen LogP contribution in [0.2, 0.25) is 0 Å². The van der Waals surface area contributed by atoms with Crippen LogP contribution in [0.3, 0.4) is 0 Å². The van der Waals surface area contributed by atoms with Crippen molar-refractivity contribution in [1.29, 1.82) is 0 Å². The van der Waals surface area contributed by atoms with Crippen LogP contribution in [0.1, 0.15) is 12.8 Å². The van der Waals surface area contributed by atoms with Gasteiger partial charge in [-0.15, -0.1) is 0 Å². The van der Waals surface area contributed by atoms with Gasteiger partial charge in [-0.25, -0.2) is 4.79 Å². The maximum atomic E-state index is 12.3. The van der Waals surface area contributed by atoms with Gasteiger partial charge in [0.1, 0.15) is 5.69 Å². The molecular weight excluding hydrogens is 270 g/mol. The second kappa shape index (κ2) is 5.57. The number of pyridine rings is 1. The highest BCUT2D eigenvalue weighted by atomic mass is 16.3. The third kappa shape index (κ3) is 2.75. The number of urea groups is 1. The molecule has 0 bridgehead atoms. The number of aliphatic hydroxyl groups is 1. The van der Waals surface area contributed by atoms with E-state index in [-0.39, 0.29) is 23.3 Å². The topological polar surface area (TPSA) is 85.4 Å². The lowest BCUT2D eigenvalue weighted by molar-refractivity contribution is 0.0972. The van der Waals surface area contributed by atoms with Crippen molar-refractivity contribution in [2.45, 2.75) is 18.9 Å². The Morgan fingerprint density at radius 1 is 1.29 bits per heavy atom. The van der Waals surface area contributed by atoms with E-state index < -0.39 is 0 Å². The Bertz CT molecular complexity index is 717. The summed E-state index contributed by atoms with van der Waals surface area (Å²) in [6.07, 6.45) is 2.32. The molecule has 1 saturated heterocycles. The van der Waals surface area contributed by atoms with Gasteiger partial charge >= 0.3 is 6.03 Å². The summed E-state index contributed by atoms with van der Waals surface area (Å²) in [5.41, 5.74) is 0.779. The maximum absolute atomic E-state index is 12.3. The van der Waals surface area contributed by atoms with Gasteiger partial charge in [0, 0.05) is 30.2 Å². The zero-order valence-corrected chi connectivity index (χ0v) is 11.5. The van der Waals surface area contributed by atoms with Crippen LogP contribution in [-0.2, 0) is 0 Å². The van der Waals surface area contributed by atoms with Crippen LogP contribution in [0, 0.1) is 0 Å². The minimum Gasteiger partial charge on any atom is -0.393 e. The number of H-pyrrole nitrogens is 1. The number of carbonyl (C=O) groups excluding carboxylic acids is 1. The summed E-state index contributed by atoms with van der Waals surface area (Å²) < 4.78 is 0. The number of carbonyl (C=O) groups is 1. The molecule has 0 unspecified atom stereocenters. The maximum Gasteiger partial charge on any atom is 0.321 e. The van der Waals surface area contributed by atoms with E-state index in [2.05, 4.69) is 10.3 Å². The highest BCUT2D eigenvalue weighted by molar-refractivity contribution is 5.91. The highest BCUT2D eigenvalue weighted by Gasteiger charge is 2.21. The average molecular weight is 287 g/mol. The van der Waals surface area contributed by atoms with E-state index in [1.54, 1.807) is 17.0 Å². The molecule has 0 saturated carbocycles. The van der Waals surface area contributed by atoms with E-state index in [0.29, 0.717) is 31.3 Å². The molecule has 1 aromatic carbocycles. The van der Waals surface area contributed by atoms with Crippen molar-refractivity contribution in [2.75, 3.05) is 18.4 Å². The first kappa shape index (κ1) is 13.6. The van der Waals surface area contributed by atoms with Crippen molar-refractivity contribution >= 4 is 22.6 Å². The highest BCUT2D eigenvalue weighted by Crippen LogP contribution is 2.13. The molecule has 110 valence electrons. The molecule has 2 amide bonds. The normalized spacial score (nSPS) is 16.1. The Hall–Kier alpha value is -2.34. The molecule has 1 aliphatic heterocycles. The summed E-state index contributed by atoms with van der Waals surface area (Å²) in [7, 11) is 0. The predicted octanol–water partition coefficient (Wildman–Crippen LogP) is 1.52. The summed E-state index contributed by atoms with van der Waals surface area (Å²) in [5.74, 6) is 0. The molecule has 1 fully saturated rings. The second-order valence-corrected chi connectivity index (χ2v) is 5.23. The molecule has 0 aliphatic carbocycles. The molecule has 1 aliphatic rings. The fourth-order valence-electron chi connectivity index (χ4n) is 2.52. The van der Waals surface area contributed by atoms with E-state index in [9.17, 15) is 14.7 Å². The largest absolute Gasteiger partial charge is 0.393 e. The summed E-state index contributed by atoms with van der Waals surface area (Å²) in [6, 6.07) is 6.86. The minimum atomic E-state index is -0.335. The number of nitrogens with one attached hydrogen (secondary N) is 2. The Balaban J connectivity index is 1.80. The monoisotopic (exact) mass is 287 g/mol. The van der Waals surface area contributed by atoms with Crippen LogP contribution in [0.4, 0.5) is 10.5 Å². The fourth-order valence-corrected chi connectivity index (χ4v) is 2.52. The van der Waals surface area contributed by atoms with Gasteiger partial charge in [0.2, 0.25) is 5.43 Å². The van der Waals surface area contributed by atoms with Crippen molar-refractivity contribution in [3.05, 3.63) is 40.7 Å². The summed E-state index contributed by atoms with van der Waals surface area (Å²) in [5, 5.41) is 12.6. The van der Waals surface area contributed by atoms with Crippen molar-refractivity contribution < 1.29 is 9.90 Å². The standard InChI is InChI=1S/C15H17N3O3/c19-10-5-7-18(8-6-10)15(21)17-13-9-16-12-4-2-1-3-11(12)14(13)20/h1-4,9-10,19H,5-8H2,(H,16,20)(H,17,21). The molecule has 0 radical (unpaired) electrons. The number of aromatic nitrogens is 1. The first-order chi connectivity index (χ1) is 10.1. The Kier molecular flexibility index (Phi) is 3.62. The Morgan fingerprint density at radius 2 is 2.00 bits per heavy atom. The van der Waals surface area contributed by atoms with E-state index in [4.69, 9.17) is 0 Å². The van der Waals surface area contributed by atoms with Crippen LogP contribution in [0.15, 0.2) is 35.3 Å². The average Bonchev–Trinajstić information content (AvgIpc) is 2.51. The van der Waals surface area contributed by atoms with Crippen molar-refractivity contribution in [1.82, 2.24) is 9.88 Å². The molecule has 21 heavy (non-hydrogen) atoms. The number of hydrogen-bond acceptors (Lipinski definition) is 3. The van der Waals surface area contributed by atoms with E-state index >= 15 is 0 Å². The van der Waals surface area contributed by atoms with Gasteiger partial charge in [-0.1, -0.05) is 12.1 Å². The van der Waals surface area contributed by atoms with Gasteiger partial charge in [-0.05, 0) is 25.0 Å². The van der Waals surface area contributed by atoms with Crippen molar-refractivity contribution in [2.24, 2.45) is 0 Å². The van der Waals surface area contributed by atoms with Crippen LogP contribution >= 0.6 is 0 Å². The zero-order valence-electron chi connectivity index (χ0n) is 11.5. The molecule has 2 aromatic rings. The van der Waals surface area contributed by atoms with Crippen LogP contribution < -0.4 is 10.7 Å². The lowest BCUT2D eigenvalue weighted by atomic mass is 10.1. The molecule has 3 N–H and O–H groups in total. The number of rotatable bonds is 1. The molecule has 1 aromatic heterocycles. The van der Waals surface area contributed by atoms with Gasteiger partial charge in [0.05, 0.1) is 6.10 Å². The molecule has 0 atom stereocenters. The van der Waals surface area contributed by atoms with Crippen molar-refractivity contribution in [3.8, 4) is 0 Å². The number of aromatic amines is 1. The summed E-state index contributed by atoms with van der Waals surface area (Å²) >= 11 is 0. The lowest BCUT2D eigenvalue weighted by Gasteiger charge is -2.29. The van der Waals surface area contributed by atoms with Gasteiger partial charge in [0.15, 0.2) is 0 Å². The number of fused-ring (bicyclic) bond motifs is 1. The van der Waals surface area contributed by atoms with Gasteiger partial charge < -0.3 is 20.3 Å². The number of nitrogens with zero attached hydrogens (tertiary/aromatic N) is 1. The van der Waals surface area contributed by atoms with Crippen LogP contribution in [0.25, 0.3) is 10.9 Å². The number of amides is 2. The second-order valence-electron chi connectivity index (χ2n) is 5.23. The Morgan fingerprint density at radius 3 is 2.76 bits per heavy atom. The molecule has 3 rings (SSSR count). The van der Waals surface area contributed by atoms with Crippen molar-refractivity contribution in [3.63, 3.8) is 0 Å². The zero-order chi connectivity index (χ0) is 14.8. The van der Waals surface area contributed by atoms with Crippen LogP contribution in [-0.4, -0.2) is 40.2 Å². The van der Waals surface area contributed by atoms with E-state index in [0.717, 1.165) is 5.52 Å². The molecular formula is C15H17N3O3. The fraction of sp³-hybridized carbons (Fsp3) is 0.333. The molecule has 2 heterocycles. The number of anilines is 1. The molecule has 6 nitrogen and oxygen atoms in total. The number of likely N-dealkylation sites (tertiary alicyclic amines) is 1. The molecule has 6 heteroatoms. The van der Waals surface area contributed by atoms with Gasteiger partial charge in [-0.3, -0.25) is 4.79 Å². The first-order valence-corrected chi connectivity index (χ1v) is 6.99. The molecule has 0 spiro atoms. The summed E-state index contributed by atoms with van der Waals surface area (Å²) in [4.78, 5) is 29.1.